The Morgan fingerprint density at radius 1 is 0.941 bits per heavy atom. The van der Waals surface area contributed by atoms with Crippen LogP contribution in [0.25, 0.3) is 0 Å². The fourth-order valence-corrected chi connectivity index (χ4v) is 3.55. The average Bonchev–Trinajstić information content (AvgIpc) is 3.21. The van der Waals surface area contributed by atoms with Crippen LogP contribution in [0.4, 0.5) is 5.82 Å². The highest BCUT2D eigenvalue weighted by Gasteiger charge is 2.51. The summed E-state index contributed by atoms with van der Waals surface area (Å²) in [6, 6.07) is 17.5. The van der Waals surface area contributed by atoms with Crippen molar-refractivity contribution in [1.29, 1.82) is 0 Å². The molecule has 1 aromatic heterocycles. The summed E-state index contributed by atoms with van der Waals surface area (Å²) in [7, 11) is 0. The van der Waals surface area contributed by atoms with Crippen LogP contribution in [0.1, 0.15) is 26.9 Å². The average molecular weight is 467 g/mol. The number of hydrogen-bond donors (Lipinski definition) is 3. The van der Waals surface area contributed by atoms with Gasteiger partial charge in [-0.3, -0.25) is 15.3 Å². The molecular formula is C23H21N3O8. The molecule has 2 aromatic carbocycles. The number of aliphatic hydroxyl groups is 1. The fraction of sp³-hybridized carbons (Fsp3) is 0.217. The quantitative estimate of drug-likeness (QED) is 0.344. The van der Waals surface area contributed by atoms with Crippen LogP contribution in [0.2, 0.25) is 0 Å². The third-order valence-electron chi connectivity index (χ3n) is 5.19. The molecule has 2 heterocycles. The highest BCUT2D eigenvalue weighted by molar-refractivity contribution is 5.90. The van der Waals surface area contributed by atoms with Gasteiger partial charge in [-0.25, -0.2) is 14.4 Å². The largest absolute Gasteiger partial charge is 0.452 e. The first-order valence-electron chi connectivity index (χ1n) is 10.3. The molecule has 11 heteroatoms. The van der Waals surface area contributed by atoms with Gasteiger partial charge in [-0.2, -0.15) is 4.98 Å². The van der Waals surface area contributed by atoms with Gasteiger partial charge >= 0.3 is 17.6 Å². The van der Waals surface area contributed by atoms with Crippen molar-refractivity contribution in [3.63, 3.8) is 0 Å². The number of nitrogens with zero attached hydrogens (tertiary/aromatic N) is 2. The van der Waals surface area contributed by atoms with Crippen LogP contribution in [-0.2, 0) is 14.2 Å². The standard InChI is InChI=1S/C23H21N3O8/c27-13-16-18(33-21(28)14-7-3-1-4-8-14)19(34-22(29)15-9-5-2-6-10-15)20(32-16)26-12-11-17(25-31)24-23(26)30/h1-12,16,18-20,27,31H,13H2,(H,24,25,30)/t16-,18-,19-,20-/m1/s1. The van der Waals surface area contributed by atoms with E-state index in [2.05, 4.69) is 4.98 Å². The maximum atomic E-state index is 12.8. The molecular weight excluding hydrogens is 446 g/mol. The van der Waals surface area contributed by atoms with Crippen molar-refractivity contribution in [2.45, 2.75) is 24.5 Å². The molecule has 1 aliphatic rings. The summed E-state index contributed by atoms with van der Waals surface area (Å²) in [5.74, 6) is -1.57. The molecule has 0 amide bonds. The Labute approximate surface area is 193 Å². The van der Waals surface area contributed by atoms with Gasteiger partial charge in [0, 0.05) is 6.20 Å². The van der Waals surface area contributed by atoms with Crippen LogP contribution in [0.5, 0.6) is 0 Å². The zero-order chi connectivity index (χ0) is 24.1. The Morgan fingerprint density at radius 2 is 1.50 bits per heavy atom. The van der Waals surface area contributed by atoms with E-state index < -0.39 is 48.8 Å². The van der Waals surface area contributed by atoms with Gasteiger partial charge in [0.2, 0.25) is 0 Å². The van der Waals surface area contributed by atoms with Crippen LogP contribution < -0.4 is 11.2 Å². The Kier molecular flexibility index (Phi) is 6.97. The van der Waals surface area contributed by atoms with E-state index in [4.69, 9.17) is 19.4 Å². The lowest BCUT2D eigenvalue weighted by molar-refractivity contribution is -0.0603. The SMILES string of the molecule is O=C(O[C@@H]1[C@H](OC(=O)c2ccccc2)[C@@H](CO)O[C@H]1n1ccc(NO)nc1=O)c1ccccc1. The molecule has 1 saturated heterocycles. The van der Waals surface area contributed by atoms with Crippen LogP contribution in [0, 0.1) is 0 Å². The molecule has 3 N–H and O–H groups in total. The molecule has 34 heavy (non-hydrogen) atoms. The van der Waals surface area contributed by atoms with E-state index >= 15 is 0 Å². The lowest BCUT2D eigenvalue weighted by Gasteiger charge is -2.24. The summed E-state index contributed by atoms with van der Waals surface area (Å²) in [6.07, 6.45) is -3.65. The lowest BCUT2D eigenvalue weighted by Crippen LogP contribution is -2.42. The van der Waals surface area contributed by atoms with Crippen LogP contribution in [0.15, 0.2) is 77.7 Å². The van der Waals surface area contributed by atoms with Crippen LogP contribution >= 0.6 is 0 Å². The molecule has 4 atom stereocenters. The monoisotopic (exact) mass is 467 g/mol. The number of anilines is 1. The summed E-state index contributed by atoms with van der Waals surface area (Å²) in [5.41, 5.74) is 1.40. The second-order valence-corrected chi connectivity index (χ2v) is 7.33. The van der Waals surface area contributed by atoms with Crippen LogP contribution in [0.3, 0.4) is 0 Å². The number of aliphatic hydroxyl groups excluding tert-OH is 1. The Balaban J connectivity index is 1.69. The number of carbonyl (C=O) groups is 2. The van der Waals surface area contributed by atoms with Gasteiger partial charge in [-0.15, -0.1) is 0 Å². The molecule has 3 aromatic rings. The van der Waals surface area contributed by atoms with Crippen molar-refractivity contribution in [2.75, 3.05) is 12.1 Å². The van der Waals surface area contributed by atoms with Crippen molar-refractivity contribution in [3.8, 4) is 0 Å². The number of ether oxygens (including phenoxy) is 3. The zero-order valence-corrected chi connectivity index (χ0v) is 17.7. The molecule has 1 aliphatic heterocycles. The summed E-state index contributed by atoms with van der Waals surface area (Å²) >= 11 is 0. The number of nitrogens with one attached hydrogen (secondary N) is 1. The second-order valence-electron chi connectivity index (χ2n) is 7.33. The highest BCUT2D eigenvalue weighted by Crippen LogP contribution is 2.34. The lowest BCUT2D eigenvalue weighted by atomic mass is 10.1. The first-order valence-corrected chi connectivity index (χ1v) is 10.3. The summed E-state index contributed by atoms with van der Waals surface area (Å²) in [5, 5.41) is 18.9. The zero-order valence-electron chi connectivity index (χ0n) is 17.7. The van der Waals surface area contributed by atoms with E-state index in [1.807, 2.05) is 0 Å². The van der Waals surface area contributed by atoms with Gasteiger partial charge in [0.25, 0.3) is 0 Å². The van der Waals surface area contributed by atoms with Crippen molar-refractivity contribution in [1.82, 2.24) is 9.55 Å². The van der Waals surface area contributed by atoms with E-state index in [0.717, 1.165) is 4.57 Å². The number of benzene rings is 2. The fourth-order valence-electron chi connectivity index (χ4n) is 3.55. The number of aromatic nitrogens is 2. The summed E-state index contributed by atoms with van der Waals surface area (Å²) in [6.45, 7) is -0.582. The highest BCUT2D eigenvalue weighted by atomic mass is 16.6. The number of hydrogen-bond acceptors (Lipinski definition) is 10. The van der Waals surface area contributed by atoms with Crippen molar-refractivity contribution < 1.29 is 34.1 Å². The number of carbonyl (C=O) groups excluding carboxylic acids is 2. The molecule has 4 rings (SSSR count). The van der Waals surface area contributed by atoms with E-state index in [9.17, 15) is 19.5 Å². The topological polar surface area (TPSA) is 149 Å². The van der Waals surface area contributed by atoms with Crippen LogP contribution in [-0.4, -0.2) is 56.7 Å². The Morgan fingerprint density at radius 3 is 2.00 bits per heavy atom. The molecule has 1 fully saturated rings. The van der Waals surface area contributed by atoms with Gasteiger partial charge in [0.1, 0.15) is 6.10 Å². The van der Waals surface area contributed by atoms with E-state index in [1.165, 1.54) is 24.4 Å². The van der Waals surface area contributed by atoms with E-state index in [0.29, 0.717) is 0 Å². The Hall–Kier alpha value is -4.06. The molecule has 176 valence electrons. The summed E-state index contributed by atoms with van der Waals surface area (Å²) < 4.78 is 18.1. The molecule has 0 saturated carbocycles. The molecule has 11 nitrogen and oxygen atoms in total. The first-order chi connectivity index (χ1) is 16.5. The Bertz CT molecular complexity index is 1200. The number of esters is 2. The predicted molar refractivity (Wildman–Crippen MR) is 116 cm³/mol. The smallest absolute Gasteiger partial charge is 0.351 e. The minimum absolute atomic E-state index is 0.108. The normalized spacial score (nSPS) is 21.6. The molecule has 0 unspecified atom stereocenters. The third kappa shape index (κ3) is 4.81. The maximum absolute atomic E-state index is 12.8. The molecule has 0 bridgehead atoms. The number of rotatable bonds is 7. The maximum Gasteiger partial charge on any atom is 0.351 e. The van der Waals surface area contributed by atoms with Gasteiger partial charge in [-0.1, -0.05) is 36.4 Å². The second kappa shape index (κ2) is 10.3. The minimum atomic E-state index is -1.30. The van der Waals surface area contributed by atoms with Crippen molar-refractivity contribution in [3.05, 3.63) is 94.5 Å². The van der Waals surface area contributed by atoms with Crippen molar-refractivity contribution in [2.24, 2.45) is 0 Å². The van der Waals surface area contributed by atoms with Gasteiger partial charge in [0.05, 0.1) is 17.7 Å². The minimum Gasteiger partial charge on any atom is -0.452 e. The summed E-state index contributed by atoms with van der Waals surface area (Å²) in [4.78, 5) is 41.8. The molecule has 0 aliphatic carbocycles. The van der Waals surface area contributed by atoms with Gasteiger partial charge in [-0.05, 0) is 30.3 Å². The molecule has 0 spiro atoms. The third-order valence-corrected chi connectivity index (χ3v) is 5.19. The van der Waals surface area contributed by atoms with Gasteiger partial charge < -0.3 is 19.3 Å². The van der Waals surface area contributed by atoms with Gasteiger partial charge in [0.15, 0.2) is 24.3 Å². The first kappa shape index (κ1) is 23.1. The van der Waals surface area contributed by atoms with Crippen molar-refractivity contribution >= 4 is 17.8 Å². The predicted octanol–water partition coefficient (Wildman–Crippen LogP) is 1.39. The van der Waals surface area contributed by atoms with E-state index in [-0.39, 0.29) is 16.9 Å². The van der Waals surface area contributed by atoms with E-state index in [1.54, 1.807) is 54.0 Å². The molecule has 0 radical (unpaired) electrons.